The van der Waals surface area contributed by atoms with Crippen LogP contribution in [0.25, 0.3) is 0 Å². The predicted octanol–water partition coefficient (Wildman–Crippen LogP) is 2.16. The molecule has 6 nitrogen and oxygen atoms in total. The van der Waals surface area contributed by atoms with Crippen LogP contribution in [-0.4, -0.2) is 40.6 Å². The van der Waals surface area contributed by atoms with Crippen LogP contribution in [0.4, 0.5) is 0 Å². The molecule has 1 aromatic heterocycles. The topological polar surface area (TPSA) is 68.5 Å². The molecule has 3 rings (SSSR count). The van der Waals surface area contributed by atoms with Crippen LogP contribution in [0.3, 0.4) is 0 Å². The highest BCUT2D eigenvalue weighted by molar-refractivity contribution is 5.76. The Bertz CT molecular complexity index is 627. The maximum absolute atomic E-state index is 12.2. The molecular weight excluding hydrogens is 282 g/mol. The smallest absolute Gasteiger partial charge is 0.231 e. The molecule has 0 spiro atoms. The van der Waals surface area contributed by atoms with Gasteiger partial charge in [0.15, 0.2) is 5.82 Å². The average molecular weight is 301 g/mol. The van der Waals surface area contributed by atoms with Crippen molar-refractivity contribution in [1.29, 1.82) is 0 Å². The van der Waals surface area contributed by atoms with Crippen LogP contribution in [0.5, 0.6) is 5.75 Å². The second-order valence-electron chi connectivity index (χ2n) is 5.42. The second kappa shape index (κ2) is 6.60. The molecule has 1 saturated heterocycles. The summed E-state index contributed by atoms with van der Waals surface area (Å²) in [6.45, 7) is 3.57. The lowest BCUT2D eigenvalue weighted by molar-refractivity contribution is -0.130. The van der Waals surface area contributed by atoms with Crippen LogP contribution in [0.15, 0.2) is 34.9 Å². The van der Waals surface area contributed by atoms with Crippen molar-refractivity contribution in [1.82, 2.24) is 15.0 Å². The van der Waals surface area contributed by atoms with E-state index in [1.54, 1.807) is 6.92 Å². The number of hydrogen-bond donors (Lipinski definition) is 0. The first-order chi connectivity index (χ1) is 10.7. The molecular formula is C16H19N3O3. The molecule has 0 unspecified atom stereocenters. The van der Waals surface area contributed by atoms with Crippen molar-refractivity contribution in [2.75, 3.05) is 19.7 Å². The molecule has 1 fully saturated rings. The summed E-state index contributed by atoms with van der Waals surface area (Å²) in [4.78, 5) is 18.3. The Labute approximate surface area is 129 Å². The molecule has 1 amide bonds. The minimum absolute atomic E-state index is 0.106. The number of likely N-dealkylation sites (tertiary alicyclic amines) is 1. The molecule has 116 valence electrons. The van der Waals surface area contributed by atoms with Gasteiger partial charge < -0.3 is 14.2 Å². The van der Waals surface area contributed by atoms with E-state index in [4.69, 9.17) is 9.26 Å². The van der Waals surface area contributed by atoms with E-state index in [9.17, 15) is 4.79 Å². The minimum atomic E-state index is 0.106. The van der Waals surface area contributed by atoms with Crippen molar-refractivity contribution < 1.29 is 14.1 Å². The third kappa shape index (κ3) is 3.44. The zero-order chi connectivity index (χ0) is 15.4. The Morgan fingerprint density at radius 3 is 2.95 bits per heavy atom. The average Bonchev–Trinajstić information content (AvgIpc) is 3.17. The van der Waals surface area contributed by atoms with Crippen molar-refractivity contribution in [2.45, 2.75) is 25.7 Å². The van der Waals surface area contributed by atoms with Gasteiger partial charge in [0.25, 0.3) is 0 Å². The number of nitrogens with zero attached hydrogens (tertiary/aromatic N) is 3. The van der Waals surface area contributed by atoms with Gasteiger partial charge in [-0.1, -0.05) is 23.4 Å². The number of aromatic nitrogens is 2. The summed E-state index contributed by atoms with van der Waals surface area (Å²) in [6, 6.07) is 9.52. The second-order valence-corrected chi connectivity index (χ2v) is 5.42. The summed E-state index contributed by atoms with van der Waals surface area (Å²) in [5, 5.41) is 3.80. The molecule has 0 saturated carbocycles. The highest BCUT2D eigenvalue weighted by Crippen LogP contribution is 2.26. The Balaban J connectivity index is 1.45. The first-order valence-corrected chi connectivity index (χ1v) is 7.48. The first-order valence-electron chi connectivity index (χ1n) is 7.48. The summed E-state index contributed by atoms with van der Waals surface area (Å²) in [5.74, 6) is 2.31. The van der Waals surface area contributed by atoms with Gasteiger partial charge in [-0.05, 0) is 25.5 Å². The van der Waals surface area contributed by atoms with Crippen LogP contribution in [0.1, 0.15) is 30.5 Å². The zero-order valence-electron chi connectivity index (χ0n) is 12.6. The van der Waals surface area contributed by atoms with E-state index in [1.165, 1.54) is 0 Å². The number of hydrogen-bond acceptors (Lipinski definition) is 5. The van der Waals surface area contributed by atoms with Gasteiger partial charge in [-0.15, -0.1) is 0 Å². The number of benzene rings is 1. The van der Waals surface area contributed by atoms with Crippen LogP contribution >= 0.6 is 0 Å². The van der Waals surface area contributed by atoms with Crippen molar-refractivity contribution in [3.05, 3.63) is 42.0 Å². The number of carbonyl (C=O) groups excluding carboxylic acids is 1. The molecule has 0 bridgehead atoms. The molecule has 0 N–H and O–H groups in total. The van der Waals surface area contributed by atoms with Crippen molar-refractivity contribution in [3.63, 3.8) is 0 Å². The normalized spacial score (nSPS) is 17.7. The largest absolute Gasteiger partial charge is 0.493 e. The van der Waals surface area contributed by atoms with Crippen LogP contribution < -0.4 is 4.74 Å². The summed E-state index contributed by atoms with van der Waals surface area (Å²) in [5.41, 5.74) is 0. The third-order valence-corrected chi connectivity index (χ3v) is 3.76. The number of amides is 1. The Kier molecular flexibility index (Phi) is 4.37. The summed E-state index contributed by atoms with van der Waals surface area (Å²) in [7, 11) is 0. The fourth-order valence-corrected chi connectivity index (χ4v) is 2.60. The van der Waals surface area contributed by atoms with Gasteiger partial charge in [0.05, 0.1) is 18.9 Å². The summed E-state index contributed by atoms with van der Waals surface area (Å²) >= 11 is 0. The fourth-order valence-electron chi connectivity index (χ4n) is 2.60. The van der Waals surface area contributed by atoms with E-state index in [1.807, 2.05) is 35.2 Å². The molecule has 22 heavy (non-hydrogen) atoms. The van der Waals surface area contributed by atoms with Crippen molar-refractivity contribution >= 4 is 5.91 Å². The first kappa shape index (κ1) is 14.6. The van der Waals surface area contributed by atoms with Crippen molar-refractivity contribution in [2.24, 2.45) is 0 Å². The Morgan fingerprint density at radius 1 is 1.41 bits per heavy atom. The zero-order valence-corrected chi connectivity index (χ0v) is 12.6. The molecule has 1 aromatic carbocycles. The van der Waals surface area contributed by atoms with Gasteiger partial charge in [0, 0.05) is 13.1 Å². The van der Waals surface area contributed by atoms with E-state index in [2.05, 4.69) is 10.1 Å². The molecule has 0 radical (unpaired) electrons. The standard InChI is InChI=1S/C16H19N3O3/c1-12-17-16(22-18-12)13-7-9-19(11-13)15(20)8-10-21-14-5-3-2-4-6-14/h2-6,13H,7-11H2,1H3/t13-/m0/s1. The summed E-state index contributed by atoms with van der Waals surface area (Å²) < 4.78 is 10.8. The highest BCUT2D eigenvalue weighted by Gasteiger charge is 2.30. The number of carbonyl (C=O) groups is 1. The van der Waals surface area contributed by atoms with E-state index < -0.39 is 0 Å². The molecule has 2 heterocycles. The lowest BCUT2D eigenvalue weighted by Crippen LogP contribution is -2.29. The quantitative estimate of drug-likeness (QED) is 0.846. The Morgan fingerprint density at radius 2 is 2.23 bits per heavy atom. The van der Waals surface area contributed by atoms with Gasteiger partial charge in [-0.25, -0.2) is 0 Å². The van der Waals surface area contributed by atoms with Crippen LogP contribution in [0.2, 0.25) is 0 Å². The van der Waals surface area contributed by atoms with E-state index in [0.717, 1.165) is 18.7 Å². The number of ether oxygens (including phenoxy) is 1. The van der Waals surface area contributed by atoms with Gasteiger partial charge >= 0.3 is 0 Å². The molecule has 0 aliphatic carbocycles. The number of para-hydroxylation sites is 1. The SMILES string of the molecule is Cc1noc([C@H]2CCN(C(=O)CCOc3ccccc3)C2)n1. The van der Waals surface area contributed by atoms with Crippen molar-refractivity contribution in [3.8, 4) is 5.75 Å². The van der Waals surface area contributed by atoms with Gasteiger partial charge in [0.2, 0.25) is 11.8 Å². The maximum atomic E-state index is 12.2. The predicted molar refractivity (Wildman–Crippen MR) is 79.5 cm³/mol. The lowest BCUT2D eigenvalue weighted by atomic mass is 10.1. The monoisotopic (exact) mass is 301 g/mol. The highest BCUT2D eigenvalue weighted by atomic mass is 16.5. The molecule has 1 atom stereocenters. The number of aryl methyl sites for hydroxylation is 1. The third-order valence-electron chi connectivity index (χ3n) is 3.76. The lowest BCUT2D eigenvalue weighted by Gasteiger charge is -2.16. The van der Waals surface area contributed by atoms with Gasteiger partial charge in [-0.3, -0.25) is 4.79 Å². The minimum Gasteiger partial charge on any atom is -0.493 e. The van der Waals surface area contributed by atoms with E-state index in [0.29, 0.717) is 31.3 Å². The molecule has 1 aliphatic rings. The van der Waals surface area contributed by atoms with Gasteiger partial charge in [0.1, 0.15) is 5.75 Å². The number of rotatable bonds is 5. The van der Waals surface area contributed by atoms with E-state index >= 15 is 0 Å². The van der Waals surface area contributed by atoms with E-state index in [-0.39, 0.29) is 11.8 Å². The van der Waals surface area contributed by atoms with Gasteiger partial charge in [-0.2, -0.15) is 4.98 Å². The Hall–Kier alpha value is -2.37. The molecule has 1 aliphatic heterocycles. The summed E-state index contributed by atoms with van der Waals surface area (Å²) in [6.07, 6.45) is 1.25. The molecule has 6 heteroatoms. The molecule has 2 aromatic rings. The van der Waals surface area contributed by atoms with Crippen LogP contribution in [0, 0.1) is 6.92 Å². The van der Waals surface area contributed by atoms with Crippen LogP contribution in [-0.2, 0) is 4.79 Å². The maximum Gasteiger partial charge on any atom is 0.231 e. The fraction of sp³-hybridized carbons (Fsp3) is 0.438.